The smallest absolute Gasteiger partial charge is 0.228 e. The van der Waals surface area contributed by atoms with Crippen LogP contribution in [-0.4, -0.2) is 12.5 Å². The van der Waals surface area contributed by atoms with E-state index in [-0.39, 0.29) is 11.8 Å². The molecule has 0 spiro atoms. The molecule has 4 heteroatoms. The molecule has 1 aliphatic rings. The van der Waals surface area contributed by atoms with E-state index in [4.69, 9.17) is 16.3 Å². The lowest BCUT2D eigenvalue weighted by atomic mass is 9.81. The molecule has 0 fully saturated rings. The standard InChI is InChI=1S/C30H26ClNO2/c1-20-7-9-22(10-8-20)19-34-25-14-11-24(12-15-25)27-17-29(33)32(18-21(2)31)28-16-13-23-5-3-4-6-26(23)30(27)28/h3-16,27H,2,17-19H2,1H3. The number of amides is 1. The summed E-state index contributed by atoms with van der Waals surface area (Å²) in [6.07, 6.45) is 0.384. The Labute approximate surface area is 205 Å². The molecule has 0 aliphatic carbocycles. The number of nitrogens with zero attached hydrogens (tertiary/aromatic N) is 1. The van der Waals surface area contributed by atoms with E-state index in [1.807, 2.05) is 30.3 Å². The summed E-state index contributed by atoms with van der Waals surface area (Å²) in [5, 5.41) is 2.76. The number of ether oxygens (including phenoxy) is 1. The maximum absolute atomic E-state index is 13.2. The summed E-state index contributed by atoms with van der Waals surface area (Å²) in [5.41, 5.74) is 5.52. The highest BCUT2D eigenvalue weighted by Crippen LogP contribution is 2.44. The molecule has 3 nitrogen and oxygen atoms in total. The van der Waals surface area contributed by atoms with Crippen LogP contribution in [-0.2, 0) is 11.4 Å². The first kappa shape index (κ1) is 22.2. The van der Waals surface area contributed by atoms with Crippen molar-refractivity contribution in [3.05, 3.63) is 119 Å². The number of carbonyl (C=O) groups is 1. The highest BCUT2D eigenvalue weighted by Gasteiger charge is 2.33. The molecule has 1 heterocycles. The third kappa shape index (κ3) is 4.44. The molecular formula is C30H26ClNO2. The lowest BCUT2D eigenvalue weighted by Crippen LogP contribution is -2.37. The van der Waals surface area contributed by atoms with Gasteiger partial charge in [0.15, 0.2) is 0 Å². The third-order valence-corrected chi connectivity index (χ3v) is 6.52. The molecular weight excluding hydrogens is 442 g/mol. The van der Waals surface area contributed by atoms with Crippen molar-refractivity contribution in [1.82, 2.24) is 0 Å². The summed E-state index contributed by atoms with van der Waals surface area (Å²) in [4.78, 5) is 14.9. The topological polar surface area (TPSA) is 29.5 Å². The average Bonchev–Trinajstić information content (AvgIpc) is 2.85. The molecule has 4 aromatic carbocycles. The van der Waals surface area contributed by atoms with Gasteiger partial charge in [0, 0.05) is 23.1 Å². The van der Waals surface area contributed by atoms with E-state index < -0.39 is 0 Å². The molecule has 0 saturated carbocycles. The van der Waals surface area contributed by atoms with Crippen molar-refractivity contribution in [2.75, 3.05) is 11.4 Å². The second-order valence-electron chi connectivity index (χ2n) is 8.82. The van der Waals surface area contributed by atoms with Crippen LogP contribution < -0.4 is 9.64 Å². The van der Waals surface area contributed by atoms with Gasteiger partial charge in [-0.3, -0.25) is 4.79 Å². The fraction of sp³-hybridized carbons (Fsp3) is 0.167. The van der Waals surface area contributed by atoms with Gasteiger partial charge in [0.05, 0.1) is 6.54 Å². The van der Waals surface area contributed by atoms with Gasteiger partial charge in [-0.2, -0.15) is 0 Å². The number of rotatable bonds is 6. The predicted octanol–water partition coefficient (Wildman–Crippen LogP) is 7.35. The number of carbonyl (C=O) groups excluding carboxylic acids is 1. The lowest BCUT2D eigenvalue weighted by Gasteiger charge is -2.35. The van der Waals surface area contributed by atoms with Gasteiger partial charge in [-0.15, -0.1) is 0 Å². The molecule has 0 saturated heterocycles. The molecule has 34 heavy (non-hydrogen) atoms. The minimum atomic E-state index is -0.0420. The van der Waals surface area contributed by atoms with Crippen molar-refractivity contribution in [2.24, 2.45) is 0 Å². The fourth-order valence-corrected chi connectivity index (χ4v) is 4.80. The first-order chi connectivity index (χ1) is 16.5. The molecule has 4 aromatic rings. The van der Waals surface area contributed by atoms with Gasteiger partial charge >= 0.3 is 0 Å². The Bertz CT molecular complexity index is 1360. The quantitative estimate of drug-likeness (QED) is 0.296. The number of anilines is 1. The van der Waals surface area contributed by atoms with Crippen molar-refractivity contribution < 1.29 is 9.53 Å². The molecule has 0 radical (unpaired) electrons. The molecule has 0 bridgehead atoms. The van der Waals surface area contributed by atoms with E-state index in [9.17, 15) is 4.79 Å². The zero-order valence-corrected chi connectivity index (χ0v) is 19.9. The maximum Gasteiger partial charge on any atom is 0.228 e. The highest BCUT2D eigenvalue weighted by molar-refractivity contribution is 6.30. The maximum atomic E-state index is 13.2. The second-order valence-corrected chi connectivity index (χ2v) is 9.35. The Morgan fingerprint density at radius 3 is 2.47 bits per heavy atom. The van der Waals surface area contributed by atoms with E-state index in [0.29, 0.717) is 24.6 Å². The van der Waals surface area contributed by atoms with Gasteiger partial charge in [-0.05, 0) is 52.6 Å². The van der Waals surface area contributed by atoms with Gasteiger partial charge < -0.3 is 9.64 Å². The van der Waals surface area contributed by atoms with Crippen LogP contribution in [0.1, 0.15) is 34.6 Å². The van der Waals surface area contributed by atoms with Crippen LogP contribution >= 0.6 is 11.6 Å². The van der Waals surface area contributed by atoms with Gasteiger partial charge in [-0.25, -0.2) is 0 Å². The van der Waals surface area contributed by atoms with Gasteiger partial charge in [0.25, 0.3) is 0 Å². The van der Waals surface area contributed by atoms with Crippen LogP contribution in [0.2, 0.25) is 0 Å². The molecule has 0 N–H and O–H groups in total. The third-order valence-electron chi connectivity index (χ3n) is 6.40. The number of hydrogen-bond acceptors (Lipinski definition) is 2. The van der Waals surface area contributed by atoms with E-state index >= 15 is 0 Å². The summed E-state index contributed by atoms with van der Waals surface area (Å²) >= 11 is 6.11. The van der Waals surface area contributed by atoms with Crippen molar-refractivity contribution >= 4 is 34.0 Å². The Morgan fingerprint density at radius 1 is 1.00 bits per heavy atom. The van der Waals surface area contributed by atoms with E-state index in [1.54, 1.807) is 4.90 Å². The van der Waals surface area contributed by atoms with Crippen LogP contribution in [0, 0.1) is 6.92 Å². The predicted molar refractivity (Wildman–Crippen MR) is 140 cm³/mol. The van der Waals surface area contributed by atoms with Crippen LogP contribution in [0.4, 0.5) is 5.69 Å². The van der Waals surface area contributed by atoms with Crippen LogP contribution in [0.3, 0.4) is 0 Å². The van der Waals surface area contributed by atoms with Crippen molar-refractivity contribution in [1.29, 1.82) is 0 Å². The SMILES string of the molecule is C=C(Cl)CN1C(=O)CC(c2ccc(OCc3ccc(C)cc3)cc2)c2c1ccc1ccccc21. The summed E-state index contributed by atoms with van der Waals surface area (Å²) in [6.45, 7) is 6.71. The molecule has 1 amide bonds. The van der Waals surface area contributed by atoms with Crippen molar-refractivity contribution in [2.45, 2.75) is 25.9 Å². The van der Waals surface area contributed by atoms with Crippen LogP contribution in [0.15, 0.2) is 96.5 Å². The zero-order valence-electron chi connectivity index (χ0n) is 19.1. The number of aryl methyl sites for hydroxylation is 1. The zero-order chi connectivity index (χ0) is 23.7. The van der Waals surface area contributed by atoms with E-state index in [1.165, 1.54) is 5.56 Å². The summed E-state index contributed by atoms with van der Waals surface area (Å²) in [6, 6.07) is 28.9. The van der Waals surface area contributed by atoms with Gasteiger partial charge in [-0.1, -0.05) is 90.5 Å². The van der Waals surface area contributed by atoms with Crippen molar-refractivity contribution in [3.63, 3.8) is 0 Å². The Hall–Kier alpha value is -3.56. The van der Waals surface area contributed by atoms with Crippen LogP contribution in [0.5, 0.6) is 5.75 Å². The van der Waals surface area contributed by atoms with Crippen molar-refractivity contribution in [3.8, 4) is 5.75 Å². The summed E-state index contributed by atoms with van der Waals surface area (Å²) in [7, 11) is 0. The Balaban J connectivity index is 1.47. The molecule has 170 valence electrons. The van der Waals surface area contributed by atoms with E-state index in [0.717, 1.165) is 38.9 Å². The van der Waals surface area contributed by atoms with E-state index in [2.05, 4.69) is 68.1 Å². The molecule has 5 rings (SSSR count). The van der Waals surface area contributed by atoms with Gasteiger partial charge in [0.2, 0.25) is 5.91 Å². The summed E-state index contributed by atoms with van der Waals surface area (Å²) < 4.78 is 6.00. The highest BCUT2D eigenvalue weighted by atomic mass is 35.5. The Kier molecular flexibility index (Phi) is 6.12. The van der Waals surface area contributed by atoms with Crippen LogP contribution in [0.25, 0.3) is 10.8 Å². The number of hydrogen-bond donors (Lipinski definition) is 0. The fourth-order valence-electron chi connectivity index (χ4n) is 4.68. The average molecular weight is 468 g/mol. The molecule has 1 aliphatic heterocycles. The monoisotopic (exact) mass is 467 g/mol. The normalized spacial score (nSPS) is 15.3. The van der Waals surface area contributed by atoms with Gasteiger partial charge in [0.1, 0.15) is 12.4 Å². The first-order valence-electron chi connectivity index (χ1n) is 11.4. The number of benzene rings is 4. The first-order valence-corrected chi connectivity index (χ1v) is 11.8. The molecule has 1 unspecified atom stereocenters. The number of fused-ring (bicyclic) bond motifs is 3. The Morgan fingerprint density at radius 2 is 1.74 bits per heavy atom. The second kappa shape index (κ2) is 9.36. The minimum absolute atomic E-state index is 0.0420. The molecule has 1 atom stereocenters. The molecule has 0 aromatic heterocycles. The summed E-state index contributed by atoms with van der Waals surface area (Å²) in [5.74, 6) is 0.818. The number of halogens is 1. The minimum Gasteiger partial charge on any atom is -0.489 e. The lowest BCUT2D eigenvalue weighted by molar-refractivity contribution is -0.119. The largest absolute Gasteiger partial charge is 0.489 e.